The molecule has 1 aliphatic heterocycles. The maximum atomic E-state index is 12.4. The third-order valence-corrected chi connectivity index (χ3v) is 5.28. The number of hydrogen-bond donors (Lipinski definition) is 0. The van der Waals surface area contributed by atoms with Gasteiger partial charge in [-0.25, -0.2) is 0 Å². The number of methoxy groups -OCH3 is 1. The summed E-state index contributed by atoms with van der Waals surface area (Å²) in [6.45, 7) is 1.09. The summed E-state index contributed by atoms with van der Waals surface area (Å²) in [7, 11) is 3.50. The molecular weight excluding hydrogens is 352 g/mol. The number of nitrogens with zero attached hydrogens (tertiary/aromatic N) is 2. The third-order valence-electron chi connectivity index (χ3n) is 4.18. The van der Waals surface area contributed by atoms with Gasteiger partial charge in [0.05, 0.1) is 23.7 Å². The lowest BCUT2D eigenvalue weighted by atomic mass is 10.1. The van der Waals surface area contributed by atoms with E-state index < -0.39 is 0 Å². The maximum Gasteiger partial charge on any atom is 0.252 e. The Morgan fingerprint density at radius 1 is 1.23 bits per heavy atom. The van der Waals surface area contributed by atoms with Crippen LogP contribution in [-0.4, -0.2) is 30.8 Å². The van der Waals surface area contributed by atoms with Crippen LogP contribution in [0.3, 0.4) is 0 Å². The molecule has 0 atom stereocenters. The number of amides is 1. The largest absolute Gasteiger partial charge is 0.497 e. The highest BCUT2D eigenvalue weighted by molar-refractivity contribution is 7.16. The molecule has 0 bridgehead atoms. The molecule has 3 aromatic rings. The molecule has 0 N–H and O–H groups in total. The predicted molar refractivity (Wildman–Crippen MR) is 99.1 cm³/mol. The molecule has 0 saturated heterocycles. The molecule has 2 aromatic carbocycles. The van der Waals surface area contributed by atoms with Crippen LogP contribution < -0.4 is 19.0 Å². The number of rotatable bonds is 3. The number of aryl methyl sites for hydroxylation is 1. The van der Waals surface area contributed by atoms with Crippen molar-refractivity contribution in [2.75, 3.05) is 20.3 Å². The Balaban J connectivity index is 1.66. The zero-order valence-electron chi connectivity index (χ0n) is 14.5. The summed E-state index contributed by atoms with van der Waals surface area (Å²) in [6, 6.07) is 11.3. The maximum absolute atomic E-state index is 12.4. The third kappa shape index (κ3) is 3.17. The minimum absolute atomic E-state index is 0.197. The lowest BCUT2D eigenvalue weighted by Gasteiger charge is -2.18. The molecule has 1 aromatic heterocycles. The fourth-order valence-corrected chi connectivity index (χ4v) is 3.92. The van der Waals surface area contributed by atoms with E-state index in [0.29, 0.717) is 18.0 Å². The van der Waals surface area contributed by atoms with Crippen molar-refractivity contribution in [2.24, 2.45) is 12.0 Å². The van der Waals surface area contributed by atoms with Crippen molar-refractivity contribution < 1.29 is 19.0 Å². The number of fused-ring (bicyclic) bond motifs is 2. The molecule has 2 heterocycles. The first kappa shape index (κ1) is 16.7. The van der Waals surface area contributed by atoms with Gasteiger partial charge in [0.15, 0.2) is 16.3 Å². The van der Waals surface area contributed by atoms with E-state index in [2.05, 4.69) is 4.99 Å². The standard InChI is InChI=1S/C19H18N2O4S/c1-21-14-10-15-16(25-7-6-24-15)11-17(14)26-19(21)20-18(22)9-12-4-3-5-13(8-12)23-2/h3-5,8,10-11H,6-7,9H2,1-2H3. The van der Waals surface area contributed by atoms with Crippen molar-refractivity contribution in [1.29, 1.82) is 0 Å². The number of thiazole rings is 1. The van der Waals surface area contributed by atoms with Gasteiger partial charge in [-0.05, 0) is 17.7 Å². The van der Waals surface area contributed by atoms with Gasteiger partial charge < -0.3 is 18.8 Å². The Labute approximate surface area is 154 Å². The number of carbonyl (C=O) groups excluding carboxylic acids is 1. The molecular formula is C19H18N2O4S. The zero-order chi connectivity index (χ0) is 18.1. The van der Waals surface area contributed by atoms with Crippen LogP contribution >= 0.6 is 11.3 Å². The van der Waals surface area contributed by atoms with Crippen molar-refractivity contribution in [3.8, 4) is 17.2 Å². The minimum atomic E-state index is -0.197. The fourth-order valence-electron chi connectivity index (χ4n) is 2.87. The predicted octanol–water partition coefficient (Wildman–Crippen LogP) is 2.69. The summed E-state index contributed by atoms with van der Waals surface area (Å²) in [6.07, 6.45) is 0.230. The Hall–Kier alpha value is -2.80. The number of carbonyl (C=O) groups is 1. The molecule has 0 spiro atoms. The van der Waals surface area contributed by atoms with E-state index in [1.807, 2.05) is 48.0 Å². The SMILES string of the molecule is COc1cccc(CC(=O)N=c2sc3cc4c(cc3n2C)OCCO4)c1. The Bertz CT molecular complexity index is 1050. The van der Waals surface area contributed by atoms with E-state index in [0.717, 1.165) is 33.0 Å². The van der Waals surface area contributed by atoms with Gasteiger partial charge in [-0.2, -0.15) is 4.99 Å². The average Bonchev–Trinajstić information content (AvgIpc) is 2.95. The Kier molecular flexibility index (Phi) is 4.38. The molecule has 0 fully saturated rings. The molecule has 0 saturated carbocycles. The summed E-state index contributed by atoms with van der Waals surface area (Å²) < 4.78 is 19.4. The van der Waals surface area contributed by atoms with Gasteiger partial charge in [0, 0.05) is 19.2 Å². The smallest absolute Gasteiger partial charge is 0.252 e. The first-order valence-electron chi connectivity index (χ1n) is 8.24. The van der Waals surface area contributed by atoms with Gasteiger partial charge in [0.25, 0.3) is 5.91 Å². The molecule has 0 radical (unpaired) electrons. The zero-order valence-corrected chi connectivity index (χ0v) is 15.3. The van der Waals surface area contributed by atoms with E-state index in [9.17, 15) is 4.79 Å². The first-order chi connectivity index (χ1) is 12.6. The second kappa shape index (κ2) is 6.84. The van der Waals surface area contributed by atoms with Crippen molar-refractivity contribution >= 4 is 27.5 Å². The molecule has 6 nitrogen and oxygen atoms in total. The van der Waals surface area contributed by atoms with Crippen LogP contribution in [0, 0.1) is 0 Å². The van der Waals surface area contributed by atoms with Gasteiger partial charge in [-0.15, -0.1) is 0 Å². The summed E-state index contributed by atoms with van der Waals surface area (Å²) >= 11 is 1.46. The second-order valence-electron chi connectivity index (χ2n) is 5.94. The van der Waals surface area contributed by atoms with Crippen LogP contribution in [0.15, 0.2) is 41.4 Å². The van der Waals surface area contributed by atoms with Crippen molar-refractivity contribution in [1.82, 2.24) is 4.57 Å². The summed E-state index contributed by atoms with van der Waals surface area (Å²) in [4.78, 5) is 17.3. The van der Waals surface area contributed by atoms with Crippen LogP contribution in [0.2, 0.25) is 0 Å². The molecule has 26 heavy (non-hydrogen) atoms. The van der Waals surface area contributed by atoms with E-state index >= 15 is 0 Å². The second-order valence-corrected chi connectivity index (χ2v) is 6.95. The summed E-state index contributed by atoms with van der Waals surface area (Å²) in [5.74, 6) is 2.00. The minimum Gasteiger partial charge on any atom is -0.497 e. The number of ether oxygens (including phenoxy) is 3. The van der Waals surface area contributed by atoms with Gasteiger partial charge in [-0.3, -0.25) is 4.79 Å². The topological polar surface area (TPSA) is 62.0 Å². The van der Waals surface area contributed by atoms with Crippen molar-refractivity contribution in [3.05, 3.63) is 46.8 Å². The van der Waals surface area contributed by atoms with E-state index in [4.69, 9.17) is 14.2 Å². The molecule has 4 rings (SSSR count). The van der Waals surface area contributed by atoms with Crippen LogP contribution in [0.25, 0.3) is 10.2 Å². The highest BCUT2D eigenvalue weighted by Gasteiger charge is 2.15. The van der Waals surface area contributed by atoms with Crippen molar-refractivity contribution in [3.63, 3.8) is 0 Å². The summed E-state index contributed by atoms with van der Waals surface area (Å²) in [5.41, 5.74) is 1.84. The molecule has 7 heteroatoms. The fraction of sp³-hybridized carbons (Fsp3) is 0.263. The highest BCUT2D eigenvalue weighted by atomic mass is 32.1. The monoisotopic (exact) mass is 370 g/mol. The van der Waals surface area contributed by atoms with Crippen LogP contribution in [0.5, 0.6) is 17.2 Å². The van der Waals surface area contributed by atoms with Crippen LogP contribution in [-0.2, 0) is 18.3 Å². The quantitative estimate of drug-likeness (QED) is 0.711. The first-order valence-corrected chi connectivity index (χ1v) is 9.05. The normalized spacial score (nSPS) is 13.8. The van der Waals surface area contributed by atoms with Crippen molar-refractivity contribution in [2.45, 2.75) is 6.42 Å². The lowest BCUT2D eigenvalue weighted by molar-refractivity contribution is -0.117. The number of aromatic nitrogens is 1. The average molecular weight is 370 g/mol. The molecule has 0 aliphatic carbocycles. The molecule has 134 valence electrons. The molecule has 1 amide bonds. The molecule has 0 unspecified atom stereocenters. The van der Waals surface area contributed by atoms with Crippen LogP contribution in [0.4, 0.5) is 0 Å². The number of hydrogen-bond acceptors (Lipinski definition) is 5. The van der Waals surface area contributed by atoms with Gasteiger partial charge in [0.1, 0.15) is 19.0 Å². The van der Waals surface area contributed by atoms with Gasteiger partial charge >= 0.3 is 0 Å². The van der Waals surface area contributed by atoms with E-state index in [-0.39, 0.29) is 12.3 Å². The summed E-state index contributed by atoms with van der Waals surface area (Å²) in [5, 5.41) is 0. The lowest BCUT2D eigenvalue weighted by Crippen LogP contribution is -2.16. The van der Waals surface area contributed by atoms with E-state index in [1.165, 1.54) is 11.3 Å². The Morgan fingerprint density at radius 3 is 2.77 bits per heavy atom. The molecule has 1 aliphatic rings. The number of benzene rings is 2. The highest BCUT2D eigenvalue weighted by Crippen LogP contribution is 2.35. The van der Waals surface area contributed by atoms with Gasteiger partial charge in [0.2, 0.25) is 0 Å². The van der Waals surface area contributed by atoms with E-state index in [1.54, 1.807) is 7.11 Å². The Morgan fingerprint density at radius 2 is 2.00 bits per heavy atom. The van der Waals surface area contributed by atoms with Gasteiger partial charge in [-0.1, -0.05) is 23.5 Å². The van der Waals surface area contributed by atoms with Crippen LogP contribution in [0.1, 0.15) is 5.56 Å².